The Balaban J connectivity index is 2.07. The Kier molecular flexibility index (Phi) is 7.15. The average molecular weight is 372 g/mol. The van der Waals surface area contributed by atoms with Crippen LogP contribution in [0.1, 0.15) is 46.6 Å². The van der Waals surface area contributed by atoms with Gasteiger partial charge in [-0.05, 0) is 47.4 Å². The van der Waals surface area contributed by atoms with Gasteiger partial charge in [-0.15, -0.1) is 11.8 Å². The number of benzene rings is 2. The SMILES string of the molecule is CCSc1ccccc1NC(=O)C(CC)Oc1ccc(C(C)(C)C)cc1. The molecule has 140 valence electrons. The summed E-state index contributed by atoms with van der Waals surface area (Å²) in [6.07, 6.45) is 0.0887. The molecule has 0 aliphatic heterocycles. The molecule has 1 atom stereocenters. The highest BCUT2D eigenvalue weighted by Crippen LogP contribution is 2.28. The van der Waals surface area contributed by atoms with E-state index in [2.05, 4.69) is 45.1 Å². The van der Waals surface area contributed by atoms with E-state index in [-0.39, 0.29) is 11.3 Å². The van der Waals surface area contributed by atoms with Crippen molar-refractivity contribution in [2.45, 2.75) is 57.5 Å². The summed E-state index contributed by atoms with van der Waals surface area (Å²) < 4.78 is 5.95. The smallest absolute Gasteiger partial charge is 0.265 e. The third-order valence-corrected chi connectivity index (χ3v) is 5.06. The number of carbonyl (C=O) groups is 1. The fraction of sp³-hybridized carbons (Fsp3) is 0.409. The molecule has 1 amide bonds. The van der Waals surface area contributed by atoms with Crippen LogP contribution in [0.3, 0.4) is 0 Å². The fourth-order valence-electron chi connectivity index (χ4n) is 2.58. The molecule has 1 unspecified atom stereocenters. The summed E-state index contributed by atoms with van der Waals surface area (Å²) in [4.78, 5) is 13.8. The second kappa shape index (κ2) is 9.13. The molecule has 1 N–H and O–H groups in total. The van der Waals surface area contributed by atoms with E-state index in [1.165, 1.54) is 5.56 Å². The van der Waals surface area contributed by atoms with Crippen LogP contribution >= 0.6 is 11.8 Å². The third kappa shape index (κ3) is 5.53. The van der Waals surface area contributed by atoms with Gasteiger partial charge in [0.05, 0.1) is 5.69 Å². The molecule has 0 bridgehead atoms. The fourth-order valence-corrected chi connectivity index (χ4v) is 3.34. The number of para-hydroxylation sites is 1. The van der Waals surface area contributed by atoms with Crippen molar-refractivity contribution in [3.63, 3.8) is 0 Å². The van der Waals surface area contributed by atoms with Gasteiger partial charge < -0.3 is 10.1 Å². The molecule has 4 heteroatoms. The molecule has 0 saturated heterocycles. The van der Waals surface area contributed by atoms with Crippen LogP contribution in [-0.2, 0) is 10.2 Å². The van der Waals surface area contributed by atoms with E-state index < -0.39 is 6.10 Å². The Labute approximate surface area is 161 Å². The lowest BCUT2D eigenvalue weighted by molar-refractivity contribution is -0.122. The first kappa shape index (κ1) is 20.4. The van der Waals surface area contributed by atoms with Gasteiger partial charge in [0.15, 0.2) is 6.10 Å². The first-order valence-corrected chi connectivity index (χ1v) is 10.1. The number of anilines is 1. The van der Waals surface area contributed by atoms with E-state index in [1.807, 2.05) is 43.3 Å². The van der Waals surface area contributed by atoms with E-state index in [4.69, 9.17) is 4.74 Å². The van der Waals surface area contributed by atoms with Crippen molar-refractivity contribution in [3.05, 3.63) is 54.1 Å². The lowest BCUT2D eigenvalue weighted by Crippen LogP contribution is -2.32. The summed E-state index contributed by atoms with van der Waals surface area (Å²) in [5, 5.41) is 3.02. The molecule has 0 aromatic heterocycles. The van der Waals surface area contributed by atoms with Crippen LogP contribution in [0.15, 0.2) is 53.4 Å². The average Bonchev–Trinajstić information content (AvgIpc) is 2.61. The highest BCUT2D eigenvalue weighted by atomic mass is 32.2. The molecule has 0 fully saturated rings. The lowest BCUT2D eigenvalue weighted by Gasteiger charge is -2.21. The number of rotatable bonds is 7. The van der Waals surface area contributed by atoms with E-state index in [9.17, 15) is 4.79 Å². The van der Waals surface area contributed by atoms with Crippen molar-refractivity contribution < 1.29 is 9.53 Å². The molecule has 0 radical (unpaired) electrons. The molecule has 0 aliphatic rings. The Hall–Kier alpha value is -1.94. The van der Waals surface area contributed by atoms with Gasteiger partial charge in [-0.3, -0.25) is 4.79 Å². The predicted octanol–water partition coefficient (Wildman–Crippen LogP) is 5.89. The van der Waals surface area contributed by atoms with E-state index in [0.717, 1.165) is 22.1 Å². The monoisotopic (exact) mass is 371 g/mol. The molecule has 2 rings (SSSR count). The standard InChI is InChI=1S/C22H29NO2S/c1-6-19(25-17-14-12-16(13-15-17)22(3,4)5)21(24)23-18-10-8-9-11-20(18)26-7-2/h8-15,19H,6-7H2,1-5H3,(H,23,24). The Morgan fingerprint density at radius 3 is 2.31 bits per heavy atom. The number of hydrogen-bond acceptors (Lipinski definition) is 3. The molecule has 0 aliphatic carbocycles. The first-order valence-electron chi connectivity index (χ1n) is 9.15. The Morgan fingerprint density at radius 2 is 1.73 bits per heavy atom. The maximum absolute atomic E-state index is 12.7. The first-order chi connectivity index (χ1) is 12.3. The summed E-state index contributed by atoms with van der Waals surface area (Å²) in [6.45, 7) is 10.6. The van der Waals surface area contributed by atoms with Gasteiger partial charge in [-0.1, -0.05) is 58.9 Å². The highest BCUT2D eigenvalue weighted by Gasteiger charge is 2.20. The summed E-state index contributed by atoms with van der Waals surface area (Å²) in [5.74, 6) is 1.56. The van der Waals surface area contributed by atoms with Crippen LogP contribution < -0.4 is 10.1 Å². The number of thioether (sulfide) groups is 1. The summed E-state index contributed by atoms with van der Waals surface area (Å²) in [5.41, 5.74) is 2.18. The maximum Gasteiger partial charge on any atom is 0.265 e. The van der Waals surface area contributed by atoms with Gasteiger partial charge in [0.1, 0.15) is 5.75 Å². The van der Waals surface area contributed by atoms with Gasteiger partial charge in [0, 0.05) is 4.90 Å². The zero-order chi connectivity index (χ0) is 19.2. The van der Waals surface area contributed by atoms with Crippen molar-refractivity contribution >= 4 is 23.4 Å². The van der Waals surface area contributed by atoms with Crippen molar-refractivity contribution in [3.8, 4) is 5.75 Å². The third-order valence-electron chi connectivity index (χ3n) is 4.11. The van der Waals surface area contributed by atoms with E-state index >= 15 is 0 Å². The van der Waals surface area contributed by atoms with Crippen LogP contribution in [0.5, 0.6) is 5.75 Å². The molecule has 26 heavy (non-hydrogen) atoms. The number of carbonyl (C=O) groups excluding carboxylic acids is 1. The van der Waals surface area contributed by atoms with Crippen molar-refractivity contribution in [1.29, 1.82) is 0 Å². The quantitative estimate of drug-likeness (QED) is 0.617. The van der Waals surface area contributed by atoms with Crippen LogP contribution in [0, 0.1) is 0 Å². The largest absolute Gasteiger partial charge is 0.481 e. The van der Waals surface area contributed by atoms with Crippen LogP contribution in [0.2, 0.25) is 0 Å². The number of ether oxygens (including phenoxy) is 1. The topological polar surface area (TPSA) is 38.3 Å². The zero-order valence-electron chi connectivity index (χ0n) is 16.3. The van der Waals surface area contributed by atoms with Crippen molar-refractivity contribution in [1.82, 2.24) is 0 Å². The predicted molar refractivity (Wildman–Crippen MR) is 111 cm³/mol. The van der Waals surface area contributed by atoms with Crippen molar-refractivity contribution in [2.75, 3.05) is 11.1 Å². The summed E-state index contributed by atoms with van der Waals surface area (Å²) in [7, 11) is 0. The summed E-state index contributed by atoms with van der Waals surface area (Å²) in [6, 6.07) is 15.9. The molecule has 0 heterocycles. The van der Waals surface area contributed by atoms with Gasteiger partial charge in [0.2, 0.25) is 0 Å². The number of amides is 1. The zero-order valence-corrected chi connectivity index (χ0v) is 17.2. The maximum atomic E-state index is 12.7. The molecular formula is C22H29NO2S. The van der Waals surface area contributed by atoms with Crippen LogP contribution in [0.25, 0.3) is 0 Å². The highest BCUT2D eigenvalue weighted by molar-refractivity contribution is 7.99. The molecule has 2 aromatic carbocycles. The minimum absolute atomic E-state index is 0.0979. The second-order valence-electron chi connectivity index (χ2n) is 7.21. The molecule has 2 aromatic rings. The minimum atomic E-state index is -0.518. The summed E-state index contributed by atoms with van der Waals surface area (Å²) >= 11 is 1.72. The van der Waals surface area contributed by atoms with E-state index in [1.54, 1.807) is 11.8 Å². The minimum Gasteiger partial charge on any atom is -0.481 e. The van der Waals surface area contributed by atoms with Crippen molar-refractivity contribution in [2.24, 2.45) is 0 Å². The molecule has 0 saturated carbocycles. The second-order valence-corrected chi connectivity index (χ2v) is 8.51. The molecule has 3 nitrogen and oxygen atoms in total. The van der Waals surface area contributed by atoms with Gasteiger partial charge in [0.25, 0.3) is 5.91 Å². The van der Waals surface area contributed by atoms with Crippen LogP contribution in [-0.4, -0.2) is 17.8 Å². The van der Waals surface area contributed by atoms with Gasteiger partial charge in [-0.25, -0.2) is 0 Å². The number of nitrogens with one attached hydrogen (secondary N) is 1. The Bertz CT molecular complexity index is 720. The van der Waals surface area contributed by atoms with Gasteiger partial charge >= 0.3 is 0 Å². The van der Waals surface area contributed by atoms with Crippen LogP contribution in [0.4, 0.5) is 5.69 Å². The van der Waals surface area contributed by atoms with E-state index in [0.29, 0.717) is 6.42 Å². The normalized spacial score (nSPS) is 12.5. The molecule has 0 spiro atoms. The Morgan fingerprint density at radius 1 is 1.08 bits per heavy atom. The molecular weight excluding hydrogens is 342 g/mol. The van der Waals surface area contributed by atoms with Gasteiger partial charge in [-0.2, -0.15) is 0 Å². The number of hydrogen-bond donors (Lipinski definition) is 1. The lowest BCUT2D eigenvalue weighted by atomic mass is 9.87.